The number of nitrogens with one attached hydrogen (secondary N) is 1. The molecule has 1 aromatic heterocycles. The normalized spacial score (nSPS) is 22.2. The molecule has 0 aliphatic carbocycles. The van der Waals surface area contributed by atoms with E-state index in [0.29, 0.717) is 19.7 Å². The first-order valence-corrected chi connectivity index (χ1v) is 12.2. The van der Waals surface area contributed by atoms with Crippen LogP contribution < -0.4 is 5.32 Å². The van der Waals surface area contributed by atoms with Crippen molar-refractivity contribution in [3.8, 4) is 0 Å². The zero-order valence-electron chi connectivity index (χ0n) is 19.4. The smallest absolute Gasteiger partial charge is 0.407 e. The Hall–Kier alpha value is -2.61. The highest BCUT2D eigenvalue weighted by atomic mass is 16.5. The molecule has 0 saturated carbocycles. The number of ether oxygens (including phenoxy) is 1. The van der Waals surface area contributed by atoms with Crippen LogP contribution in [0.2, 0.25) is 0 Å². The van der Waals surface area contributed by atoms with E-state index in [1.54, 1.807) is 0 Å². The number of rotatable bonds is 6. The van der Waals surface area contributed by atoms with Crippen molar-refractivity contribution in [1.82, 2.24) is 19.8 Å². The molecule has 2 fully saturated rings. The van der Waals surface area contributed by atoms with Crippen LogP contribution in [0.25, 0.3) is 21.8 Å². The fourth-order valence-corrected chi connectivity index (χ4v) is 5.47. The Bertz CT molecular complexity index is 1130. The van der Waals surface area contributed by atoms with E-state index in [-0.39, 0.29) is 18.1 Å². The molecule has 0 spiro atoms. The van der Waals surface area contributed by atoms with Gasteiger partial charge in [-0.1, -0.05) is 24.3 Å². The van der Waals surface area contributed by atoms with Crippen LogP contribution in [-0.2, 0) is 17.8 Å². The van der Waals surface area contributed by atoms with Crippen molar-refractivity contribution in [3.05, 3.63) is 48.0 Å². The number of amides is 1. The van der Waals surface area contributed by atoms with Gasteiger partial charge in [0.15, 0.2) is 0 Å². The summed E-state index contributed by atoms with van der Waals surface area (Å²) in [5, 5.41) is 16.6. The van der Waals surface area contributed by atoms with Crippen molar-refractivity contribution in [2.24, 2.45) is 5.92 Å². The van der Waals surface area contributed by atoms with Gasteiger partial charge in [0, 0.05) is 73.0 Å². The van der Waals surface area contributed by atoms with E-state index >= 15 is 0 Å². The second-order valence-corrected chi connectivity index (χ2v) is 9.50. The van der Waals surface area contributed by atoms with E-state index in [0.717, 1.165) is 45.4 Å². The summed E-state index contributed by atoms with van der Waals surface area (Å²) in [6, 6.07) is 15.5. The molecular weight excluding hydrogens is 416 g/mol. The number of aryl methyl sites for hydroxylation is 1. The topological polar surface area (TPSA) is 70.0 Å². The number of carbonyl (C=O) groups excluding carboxylic acids is 1. The third-order valence-electron chi connectivity index (χ3n) is 7.10. The minimum atomic E-state index is -0.342. The predicted octanol–water partition coefficient (Wildman–Crippen LogP) is 4.22. The van der Waals surface area contributed by atoms with Crippen LogP contribution in [0.4, 0.5) is 4.79 Å². The molecule has 2 atom stereocenters. The SMILES string of the molecule is CCn1c2ccccc2c2cc(CN3CCC(NC(=O)OCC4CCCN(O)C4)C3)ccc21. The number of para-hydroxylation sites is 1. The lowest BCUT2D eigenvalue weighted by Crippen LogP contribution is -2.39. The van der Waals surface area contributed by atoms with E-state index in [2.05, 4.69) is 64.2 Å². The van der Waals surface area contributed by atoms with Crippen molar-refractivity contribution in [2.75, 3.05) is 32.8 Å². The number of piperidine rings is 1. The maximum absolute atomic E-state index is 12.3. The van der Waals surface area contributed by atoms with Crippen LogP contribution in [0.5, 0.6) is 0 Å². The van der Waals surface area contributed by atoms with Crippen LogP contribution in [0, 0.1) is 5.92 Å². The number of aromatic nitrogens is 1. The highest BCUT2D eigenvalue weighted by Gasteiger charge is 2.26. The summed E-state index contributed by atoms with van der Waals surface area (Å²) in [5.41, 5.74) is 3.88. The van der Waals surface area contributed by atoms with Crippen molar-refractivity contribution < 1.29 is 14.7 Å². The van der Waals surface area contributed by atoms with Crippen LogP contribution in [0.1, 0.15) is 31.7 Å². The van der Waals surface area contributed by atoms with Gasteiger partial charge in [0.25, 0.3) is 0 Å². The standard InChI is InChI=1S/C26H34N4O3/c1-2-30-24-8-4-3-7-22(24)23-14-19(9-10-25(23)30)15-28-13-11-21(17-28)27-26(31)33-18-20-6-5-12-29(32)16-20/h3-4,7-10,14,20-21,32H,2,5-6,11-13,15-18H2,1H3,(H,27,31). The lowest BCUT2D eigenvalue weighted by molar-refractivity contribution is -0.122. The van der Waals surface area contributed by atoms with Gasteiger partial charge in [0.1, 0.15) is 0 Å². The molecule has 3 heterocycles. The summed E-state index contributed by atoms with van der Waals surface area (Å²) in [7, 11) is 0. The number of alkyl carbamates (subject to hydrolysis) is 1. The Labute approximate surface area is 194 Å². The third-order valence-corrected chi connectivity index (χ3v) is 7.10. The molecule has 0 radical (unpaired) electrons. The molecule has 176 valence electrons. The molecule has 5 rings (SSSR count). The van der Waals surface area contributed by atoms with E-state index < -0.39 is 0 Å². The number of carbonyl (C=O) groups is 1. The lowest BCUT2D eigenvalue weighted by atomic mass is 10.0. The first-order chi connectivity index (χ1) is 16.1. The lowest BCUT2D eigenvalue weighted by Gasteiger charge is -2.27. The van der Waals surface area contributed by atoms with E-state index in [9.17, 15) is 10.0 Å². The summed E-state index contributed by atoms with van der Waals surface area (Å²) in [5.74, 6) is 0.211. The molecule has 33 heavy (non-hydrogen) atoms. The monoisotopic (exact) mass is 450 g/mol. The molecule has 0 bridgehead atoms. The fraction of sp³-hybridized carbons (Fsp3) is 0.500. The van der Waals surface area contributed by atoms with Gasteiger partial charge in [0.05, 0.1) is 6.61 Å². The first-order valence-electron chi connectivity index (χ1n) is 12.2. The van der Waals surface area contributed by atoms with Gasteiger partial charge in [-0.25, -0.2) is 4.79 Å². The van der Waals surface area contributed by atoms with Gasteiger partial charge in [-0.3, -0.25) is 4.90 Å². The maximum Gasteiger partial charge on any atom is 0.407 e. The van der Waals surface area contributed by atoms with Crippen molar-refractivity contribution >= 4 is 27.9 Å². The summed E-state index contributed by atoms with van der Waals surface area (Å²) in [4.78, 5) is 14.7. The Morgan fingerprint density at radius 2 is 1.94 bits per heavy atom. The molecule has 2 aromatic carbocycles. The zero-order valence-corrected chi connectivity index (χ0v) is 19.4. The second kappa shape index (κ2) is 9.71. The Morgan fingerprint density at radius 3 is 2.79 bits per heavy atom. The number of fused-ring (bicyclic) bond motifs is 3. The van der Waals surface area contributed by atoms with Gasteiger partial charge >= 0.3 is 6.09 Å². The van der Waals surface area contributed by atoms with Crippen LogP contribution in [0.15, 0.2) is 42.5 Å². The molecule has 7 nitrogen and oxygen atoms in total. The Morgan fingerprint density at radius 1 is 1.09 bits per heavy atom. The van der Waals surface area contributed by atoms with Gasteiger partial charge < -0.3 is 19.8 Å². The minimum absolute atomic E-state index is 0.115. The largest absolute Gasteiger partial charge is 0.449 e. The summed E-state index contributed by atoms with van der Waals surface area (Å²) < 4.78 is 7.81. The van der Waals surface area contributed by atoms with Crippen LogP contribution >= 0.6 is 0 Å². The highest BCUT2D eigenvalue weighted by molar-refractivity contribution is 6.08. The van der Waals surface area contributed by atoms with Gasteiger partial charge in [-0.05, 0) is 49.9 Å². The second-order valence-electron chi connectivity index (χ2n) is 9.50. The number of hydroxylamine groups is 2. The molecule has 2 aliphatic heterocycles. The summed E-state index contributed by atoms with van der Waals surface area (Å²) in [6.45, 7) is 7.46. The molecule has 2 aliphatic rings. The summed E-state index contributed by atoms with van der Waals surface area (Å²) in [6.07, 6.45) is 2.52. The fourth-order valence-electron chi connectivity index (χ4n) is 5.47. The number of likely N-dealkylation sites (tertiary alicyclic amines) is 1. The maximum atomic E-state index is 12.3. The molecule has 3 aromatic rings. The first kappa shape index (κ1) is 22.2. The summed E-state index contributed by atoms with van der Waals surface area (Å²) >= 11 is 0. The van der Waals surface area contributed by atoms with Crippen molar-refractivity contribution in [1.29, 1.82) is 0 Å². The number of hydrogen-bond donors (Lipinski definition) is 2. The average Bonchev–Trinajstić information content (AvgIpc) is 3.39. The van der Waals surface area contributed by atoms with Gasteiger partial charge in [0.2, 0.25) is 0 Å². The predicted molar refractivity (Wildman–Crippen MR) is 129 cm³/mol. The third kappa shape index (κ3) is 4.86. The molecule has 7 heteroatoms. The van der Waals surface area contributed by atoms with E-state index in [1.165, 1.54) is 32.4 Å². The van der Waals surface area contributed by atoms with Crippen molar-refractivity contribution in [2.45, 2.75) is 45.3 Å². The number of nitrogens with zero attached hydrogens (tertiary/aromatic N) is 3. The number of benzene rings is 2. The van der Waals surface area contributed by atoms with Gasteiger partial charge in [-0.15, -0.1) is 0 Å². The van der Waals surface area contributed by atoms with Crippen LogP contribution in [0.3, 0.4) is 0 Å². The van der Waals surface area contributed by atoms with Crippen LogP contribution in [-0.4, -0.2) is 64.7 Å². The average molecular weight is 451 g/mol. The molecular formula is C26H34N4O3. The van der Waals surface area contributed by atoms with E-state index in [4.69, 9.17) is 4.74 Å². The Kier molecular flexibility index (Phi) is 6.53. The Balaban J connectivity index is 1.17. The quantitative estimate of drug-likeness (QED) is 0.589. The van der Waals surface area contributed by atoms with Gasteiger partial charge in [-0.2, -0.15) is 5.06 Å². The molecule has 1 amide bonds. The molecule has 2 saturated heterocycles. The number of hydrogen-bond acceptors (Lipinski definition) is 5. The van der Waals surface area contributed by atoms with E-state index in [1.807, 2.05) is 0 Å². The molecule has 2 unspecified atom stereocenters. The minimum Gasteiger partial charge on any atom is -0.449 e. The van der Waals surface area contributed by atoms with Crippen molar-refractivity contribution in [3.63, 3.8) is 0 Å². The highest BCUT2D eigenvalue weighted by Crippen LogP contribution is 2.30. The zero-order chi connectivity index (χ0) is 22.8. The molecule has 2 N–H and O–H groups in total.